The predicted molar refractivity (Wildman–Crippen MR) is 89.2 cm³/mol. The van der Waals surface area contributed by atoms with Gasteiger partial charge in [-0.05, 0) is 51.0 Å². The molecule has 3 rings (SSSR count). The van der Waals surface area contributed by atoms with Gasteiger partial charge in [-0.2, -0.15) is 0 Å². The van der Waals surface area contributed by atoms with Gasteiger partial charge in [-0.1, -0.05) is 11.2 Å². The summed E-state index contributed by atoms with van der Waals surface area (Å²) in [6, 6.07) is 9.80. The van der Waals surface area contributed by atoms with Crippen molar-refractivity contribution >= 4 is 5.84 Å². The zero-order chi connectivity index (χ0) is 17.1. The summed E-state index contributed by atoms with van der Waals surface area (Å²) in [5.74, 6) is 0.693. The van der Waals surface area contributed by atoms with Gasteiger partial charge >= 0.3 is 0 Å². The van der Waals surface area contributed by atoms with Crippen LogP contribution in [0.25, 0.3) is 0 Å². The molecule has 126 valence electrons. The lowest BCUT2D eigenvalue weighted by Crippen LogP contribution is -2.34. The monoisotopic (exact) mass is 329 g/mol. The zero-order valence-electron chi connectivity index (χ0n) is 13.7. The smallest absolute Gasteiger partial charge is 0.230 e. The molecule has 0 bridgehead atoms. The van der Waals surface area contributed by atoms with Gasteiger partial charge in [0.15, 0.2) is 5.84 Å². The third-order valence-corrected chi connectivity index (χ3v) is 4.17. The molecule has 1 aromatic carbocycles. The first-order valence-corrected chi connectivity index (χ1v) is 7.98. The van der Waals surface area contributed by atoms with Crippen molar-refractivity contribution in [2.45, 2.75) is 32.7 Å². The normalized spacial score (nSPS) is 18.0. The molecular weight excluding hydrogens is 309 g/mol. The van der Waals surface area contributed by atoms with E-state index in [9.17, 15) is 9.60 Å². The molecule has 24 heavy (non-hydrogen) atoms. The van der Waals surface area contributed by atoms with Gasteiger partial charge < -0.3 is 14.8 Å². The number of nitrogens with zero attached hydrogens (tertiary/aromatic N) is 3. The largest absolute Gasteiger partial charge is 0.438 e. The first-order chi connectivity index (χ1) is 11.6. The SMILES string of the molecule is Cc1ccc(/C(=N/O)N2CCCC2C)c(Oc2cccc(F)c2)n1. The van der Waals surface area contributed by atoms with Crippen LogP contribution in [0.2, 0.25) is 0 Å². The minimum atomic E-state index is -0.383. The van der Waals surface area contributed by atoms with Crippen LogP contribution in [0.1, 0.15) is 31.0 Å². The topological polar surface area (TPSA) is 58.0 Å². The quantitative estimate of drug-likeness (QED) is 0.401. The highest BCUT2D eigenvalue weighted by molar-refractivity contribution is 6.00. The van der Waals surface area contributed by atoms with E-state index >= 15 is 0 Å². The van der Waals surface area contributed by atoms with E-state index in [1.165, 1.54) is 12.1 Å². The summed E-state index contributed by atoms with van der Waals surface area (Å²) in [6.07, 6.45) is 2.08. The Morgan fingerprint density at radius 1 is 1.38 bits per heavy atom. The van der Waals surface area contributed by atoms with Gasteiger partial charge in [-0.3, -0.25) is 0 Å². The molecule has 1 aliphatic heterocycles. The van der Waals surface area contributed by atoms with Crippen LogP contribution in [-0.2, 0) is 0 Å². The number of likely N-dealkylation sites (tertiary alicyclic amines) is 1. The molecule has 0 radical (unpaired) electrons. The molecule has 1 aromatic heterocycles. The van der Waals surface area contributed by atoms with E-state index in [4.69, 9.17) is 4.74 Å². The summed E-state index contributed by atoms with van der Waals surface area (Å²) >= 11 is 0. The van der Waals surface area contributed by atoms with Gasteiger partial charge in [0.25, 0.3) is 0 Å². The average Bonchev–Trinajstić information content (AvgIpc) is 2.96. The molecule has 0 saturated carbocycles. The molecule has 2 aromatic rings. The number of aryl methyl sites for hydroxylation is 1. The highest BCUT2D eigenvalue weighted by atomic mass is 19.1. The molecule has 1 atom stereocenters. The summed E-state index contributed by atoms with van der Waals surface area (Å²) in [5.41, 5.74) is 1.35. The van der Waals surface area contributed by atoms with E-state index in [1.807, 2.05) is 24.0 Å². The number of rotatable bonds is 3. The number of oxime groups is 1. The molecule has 0 amide bonds. The second kappa shape index (κ2) is 6.86. The maximum atomic E-state index is 13.4. The number of ether oxygens (including phenoxy) is 1. The molecule has 5 nitrogen and oxygen atoms in total. The molecule has 1 aliphatic rings. The van der Waals surface area contributed by atoms with Gasteiger partial charge in [0.05, 0.1) is 5.56 Å². The van der Waals surface area contributed by atoms with E-state index in [-0.39, 0.29) is 11.9 Å². The van der Waals surface area contributed by atoms with Crippen LogP contribution >= 0.6 is 0 Å². The number of pyridine rings is 1. The number of hydrogen-bond donors (Lipinski definition) is 1. The number of amidine groups is 1. The lowest BCUT2D eigenvalue weighted by Gasteiger charge is -2.25. The Balaban J connectivity index is 1.98. The molecule has 1 saturated heterocycles. The minimum Gasteiger partial charge on any atom is -0.438 e. The lowest BCUT2D eigenvalue weighted by atomic mass is 10.2. The molecule has 1 unspecified atom stereocenters. The minimum absolute atomic E-state index is 0.277. The summed E-state index contributed by atoms with van der Waals surface area (Å²) in [4.78, 5) is 6.43. The van der Waals surface area contributed by atoms with Gasteiger partial charge in [0.1, 0.15) is 11.6 Å². The van der Waals surface area contributed by atoms with Crippen LogP contribution in [0.15, 0.2) is 41.6 Å². The van der Waals surface area contributed by atoms with Gasteiger partial charge in [-0.25, -0.2) is 9.37 Å². The van der Waals surface area contributed by atoms with E-state index in [0.717, 1.165) is 25.1 Å². The van der Waals surface area contributed by atoms with Crippen LogP contribution in [0.3, 0.4) is 0 Å². The van der Waals surface area contributed by atoms with Crippen molar-refractivity contribution in [2.75, 3.05) is 6.54 Å². The second-order valence-corrected chi connectivity index (χ2v) is 5.97. The fourth-order valence-electron chi connectivity index (χ4n) is 2.94. The van der Waals surface area contributed by atoms with Crippen molar-refractivity contribution in [2.24, 2.45) is 5.16 Å². The Labute approximate surface area is 140 Å². The lowest BCUT2D eigenvalue weighted by molar-refractivity contribution is 0.298. The molecule has 1 N–H and O–H groups in total. The first kappa shape index (κ1) is 16.2. The second-order valence-electron chi connectivity index (χ2n) is 5.97. The Kier molecular flexibility index (Phi) is 4.64. The fourth-order valence-corrected chi connectivity index (χ4v) is 2.94. The molecule has 1 fully saturated rings. The number of hydrogen-bond acceptors (Lipinski definition) is 4. The van der Waals surface area contributed by atoms with Crippen molar-refractivity contribution in [1.82, 2.24) is 9.88 Å². The van der Waals surface area contributed by atoms with Gasteiger partial charge in [0.2, 0.25) is 5.88 Å². The number of benzene rings is 1. The average molecular weight is 329 g/mol. The fraction of sp³-hybridized carbons (Fsp3) is 0.333. The van der Waals surface area contributed by atoms with E-state index in [1.54, 1.807) is 12.1 Å². The van der Waals surface area contributed by atoms with Crippen LogP contribution < -0.4 is 4.74 Å². The Morgan fingerprint density at radius 3 is 2.88 bits per heavy atom. The van der Waals surface area contributed by atoms with Crippen molar-refractivity contribution in [3.63, 3.8) is 0 Å². The summed E-state index contributed by atoms with van der Waals surface area (Å²) < 4.78 is 19.2. The van der Waals surface area contributed by atoms with Crippen molar-refractivity contribution in [1.29, 1.82) is 0 Å². The van der Waals surface area contributed by atoms with Crippen LogP contribution in [-0.4, -0.2) is 33.5 Å². The van der Waals surface area contributed by atoms with Crippen LogP contribution in [0.5, 0.6) is 11.6 Å². The van der Waals surface area contributed by atoms with Crippen molar-refractivity contribution in [3.8, 4) is 11.6 Å². The maximum absolute atomic E-state index is 13.4. The van der Waals surface area contributed by atoms with Gasteiger partial charge in [-0.15, -0.1) is 0 Å². The Bertz CT molecular complexity index is 764. The number of halogens is 1. The van der Waals surface area contributed by atoms with E-state index < -0.39 is 0 Å². The van der Waals surface area contributed by atoms with Crippen molar-refractivity contribution in [3.05, 3.63) is 53.5 Å². The number of aromatic nitrogens is 1. The summed E-state index contributed by atoms with van der Waals surface area (Å²) in [6.45, 7) is 4.75. The molecule has 2 heterocycles. The summed E-state index contributed by atoms with van der Waals surface area (Å²) in [7, 11) is 0. The third-order valence-electron chi connectivity index (χ3n) is 4.17. The van der Waals surface area contributed by atoms with E-state index in [0.29, 0.717) is 23.0 Å². The van der Waals surface area contributed by atoms with Crippen LogP contribution in [0, 0.1) is 12.7 Å². The standard InChI is InChI=1S/C18H20FN3O2/c1-12-8-9-16(17(21-23)22-10-4-5-13(22)2)18(20-12)24-15-7-3-6-14(19)11-15/h3,6-9,11,13,23H,4-5,10H2,1-2H3/b21-17-. The molecule has 6 heteroatoms. The molecular formula is C18H20FN3O2. The predicted octanol–water partition coefficient (Wildman–Crippen LogP) is 3.94. The third kappa shape index (κ3) is 3.32. The molecule has 0 aliphatic carbocycles. The highest BCUT2D eigenvalue weighted by Gasteiger charge is 2.27. The Hall–Kier alpha value is -2.63. The summed E-state index contributed by atoms with van der Waals surface area (Å²) in [5, 5.41) is 13.1. The first-order valence-electron chi connectivity index (χ1n) is 7.98. The Morgan fingerprint density at radius 2 is 2.21 bits per heavy atom. The highest BCUT2D eigenvalue weighted by Crippen LogP contribution is 2.28. The maximum Gasteiger partial charge on any atom is 0.230 e. The molecule has 0 spiro atoms. The van der Waals surface area contributed by atoms with E-state index in [2.05, 4.69) is 17.1 Å². The van der Waals surface area contributed by atoms with Gasteiger partial charge in [0, 0.05) is 24.3 Å². The van der Waals surface area contributed by atoms with Crippen LogP contribution in [0.4, 0.5) is 4.39 Å². The zero-order valence-corrected chi connectivity index (χ0v) is 13.7. The van der Waals surface area contributed by atoms with Crippen molar-refractivity contribution < 1.29 is 14.3 Å².